The largest absolute Gasteiger partial charge is 0.496 e. The van der Waals surface area contributed by atoms with Gasteiger partial charge in [-0.3, -0.25) is 0 Å². The summed E-state index contributed by atoms with van der Waals surface area (Å²) in [6.07, 6.45) is 0.833. The lowest BCUT2D eigenvalue weighted by Gasteiger charge is -2.21. The van der Waals surface area contributed by atoms with Crippen LogP contribution in [0, 0.1) is 5.92 Å². The van der Waals surface area contributed by atoms with Crippen LogP contribution in [0.4, 0.5) is 0 Å². The zero-order valence-corrected chi connectivity index (χ0v) is 12.6. The highest BCUT2D eigenvalue weighted by Crippen LogP contribution is 2.29. The van der Waals surface area contributed by atoms with Crippen LogP contribution in [-0.4, -0.2) is 7.11 Å². The highest BCUT2D eigenvalue weighted by molar-refractivity contribution is 6.30. The van der Waals surface area contributed by atoms with Gasteiger partial charge in [0.1, 0.15) is 5.75 Å². The predicted octanol–water partition coefficient (Wildman–Crippen LogP) is 4.23. The molecule has 0 aliphatic carbocycles. The Morgan fingerprint density at radius 3 is 2.50 bits per heavy atom. The number of nitrogens with two attached hydrogens (primary N) is 1. The van der Waals surface area contributed by atoms with Crippen LogP contribution >= 0.6 is 11.6 Å². The Morgan fingerprint density at radius 2 is 1.85 bits per heavy atom. The molecule has 0 amide bonds. The SMILES string of the molecule is COc1ccc(Cl)cc1CC(C)C(N)c1ccccc1. The van der Waals surface area contributed by atoms with E-state index in [1.54, 1.807) is 7.11 Å². The first kappa shape index (κ1) is 14.9. The zero-order valence-electron chi connectivity index (χ0n) is 11.8. The molecule has 0 saturated heterocycles. The van der Waals surface area contributed by atoms with Crippen LogP contribution in [-0.2, 0) is 6.42 Å². The van der Waals surface area contributed by atoms with Crippen molar-refractivity contribution in [1.29, 1.82) is 0 Å². The normalized spacial score (nSPS) is 13.8. The van der Waals surface area contributed by atoms with Crippen molar-refractivity contribution in [2.75, 3.05) is 7.11 Å². The summed E-state index contributed by atoms with van der Waals surface area (Å²) in [5.74, 6) is 1.16. The highest BCUT2D eigenvalue weighted by atomic mass is 35.5. The third-order valence-corrected chi connectivity index (χ3v) is 3.82. The van der Waals surface area contributed by atoms with Gasteiger partial charge >= 0.3 is 0 Å². The monoisotopic (exact) mass is 289 g/mol. The second kappa shape index (κ2) is 6.78. The van der Waals surface area contributed by atoms with Crippen molar-refractivity contribution in [2.24, 2.45) is 11.7 Å². The Morgan fingerprint density at radius 1 is 1.15 bits per heavy atom. The van der Waals surface area contributed by atoms with Crippen LogP contribution in [0.3, 0.4) is 0 Å². The Balaban J connectivity index is 2.15. The molecule has 2 aromatic carbocycles. The third-order valence-electron chi connectivity index (χ3n) is 3.58. The van der Waals surface area contributed by atoms with E-state index in [4.69, 9.17) is 22.1 Å². The number of rotatable bonds is 5. The van der Waals surface area contributed by atoms with Gasteiger partial charge in [0, 0.05) is 11.1 Å². The van der Waals surface area contributed by atoms with Gasteiger partial charge in [-0.25, -0.2) is 0 Å². The Hall–Kier alpha value is -1.51. The fraction of sp³-hybridized carbons (Fsp3) is 0.294. The van der Waals surface area contributed by atoms with Gasteiger partial charge in [-0.1, -0.05) is 48.9 Å². The maximum Gasteiger partial charge on any atom is 0.122 e. The summed E-state index contributed by atoms with van der Waals surface area (Å²) in [6.45, 7) is 2.15. The summed E-state index contributed by atoms with van der Waals surface area (Å²) in [5, 5.41) is 0.723. The minimum absolute atomic E-state index is 0.000104. The van der Waals surface area contributed by atoms with Crippen molar-refractivity contribution in [1.82, 2.24) is 0 Å². The van der Waals surface area contributed by atoms with E-state index in [0.717, 1.165) is 28.3 Å². The Bertz CT molecular complexity index is 556. The van der Waals surface area contributed by atoms with E-state index in [1.165, 1.54) is 0 Å². The molecule has 2 aromatic rings. The van der Waals surface area contributed by atoms with E-state index >= 15 is 0 Å². The summed E-state index contributed by atoms with van der Waals surface area (Å²) in [4.78, 5) is 0. The van der Waals surface area contributed by atoms with E-state index in [-0.39, 0.29) is 6.04 Å². The molecule has 0 fully saturated rings. The van der Waals surface area contributed by atoms with Crippen molar-refractivity contribution in [3.05, 3.63) is 64.7 Å². The van der Waals surface area contributed by atoms with Crippen molar-refractivity contribution >= 4 is 11.6 Å². The lowest BCUT2D eigenvalue weighted by Crippen LogP contribution is -2.21. The van der Waals surface area contributed by atoms with Gasteiger partial charge in [0.15, 0.2) is 0 Å². The molecule has 0 spiro atoms. The standard InChI is InChI=1S/C17H20ClNO/c1-12(17(19)13-6-4-3-5-7-13)10-14-11-15(18)8-9-16(14)20-2/h3-9,11-12,17H,10,19H2,1-2H3. The van der Waals surface area contributed by atoms with Crippen molar-refractivity contribution in [3.63, 3.8) is 0 Å². The first-order chi connectivity index (χ1) is 9.61. The molecule has 3 heteroatoms. The smallest absolute Gasteiger partial charge is 0.122 e. The molecule has 2 N–H and O–H groups in total. The van der Waals surface area contributed by atoms with Gasteiger partial charge in [0.25, 0.3) is 0 Å². The van der Waals surface area contributed by atoms with Gasteiger partial charge < -0.3 is 10.5 Å². The van der Waals surface area contributed by atoms with Crippen LogP contribution in [0.15, 0.2) is 48.5 Å². The molecule has 2 nitrogen and oxygen atoms in total. The fourth-order valence-electron chi connectivity index (χ4n) is 2.38. The molecule has 0 bridgehead atoms. The average Bonchev–Trinajstić information content (AvgIpc) is 2.47. The van der Waals surface area contributed by atoms with Gasteiger partial charge in [0.05, 0.1) is 7.11 Å². The first-order valence-electron chi connectivity index (χ1n) is 6.74. The lowest BCUT2D eigenvalue weighted by atomic mass is 9.89. The van der Waals surface area contributed by atoms with E-state index in [0.29, 0.717) is 5.92 Å². The van der Waals surface area contributed by atoms with E-state index in [9.17, 15) is 0 Å². The second-order valence-corrected chi connectivity index (χ2v) is 5.51. The van der Waals surface area contributed by atoms with Crippen LogP contribution in [0.2, 0.25) is 5.02 Å². The molecule has 0 heterocycles. The fourth-order valence-corrected chi connectivity index (χ4v) is 2.58. The zero-order chi connectivity index (χ0) is 14.5. The molecule has 20 heavy (non-hydrogen) atoms. The number of ether oxygens (including phenoxy) is 1. The van der Waals surface area contributed by atoms with Crippen LogP contribution < -0.4 is 10.5 Å². The van der Waals surface area contributed by atoms with E-state index < -0.39 is 0 Å². The second-order valence-electron chi connectivity index (χ2n) is 5.07. The molecular formula is C17H20ClNO. The maximum absolute atomic E-state index is 6.34. The summed E-state index contributed by atoms with van der Waals surface area (Å²) < 4.78 is 5.39. The maximum atomic E-state index is 6.34. The summed E-state index contributed by atoms with van der Waals surface area (Å²) in [5.41, 5.74) is 8.59. The van der Waals surface area contributed by atoms with Crippen molar-refractivity contribution in [2.45, 2.75) is 19.4 Å². The first-order valence-corrected chi connectivity index (χ1v) is 7.12. The molecular weight excluding hydrogens is 270 g/mol. The molecule has 2 unspecified atom stereocenters. The number of methoxy groups -OCH3 is 1. The topological polar surface area (TPSA) is 35.2 Å². The van der Waals surface area contributed by atoms with E-state index in [1.807, 2.05) is 36.4 Å². The summed E-state index contributed by atoms with van der Waals surface area (Å²) in [7, 11) is 1.68. The van der Waals surface area contributed by atoms with Crippen LogP contribution in [0.5, 0.6) is 5.75 Å². The highest BCUT2D eigenvalue weighted by Gasteiger charge is 2.17. The third kappa shape index (κ3) is 3.53. The van der Waals surface area contributed by atoms with Crippen molar-refractivity contribution in [3.8, 4) is 5.75 Å². The van der Waals surface area contributed by atoms with Crippen LogP contribution in [0.1, 0.15) is 24.1 Å². The Labute approximate surface area is 125 Å². The molecule has 2 rings (SSSR count). The number of hydrogen-bond donors (Lipinski definition) is 1. The van der Waals surface area contributed by atoms with Gasteiger partial charge in [-0.2, -0.15) is 0 Å². The van der Waals surface area contributed by atoms with Gasteiger partial charge in [0.2, 0.25) is 0 Å². The van der Waals surface area contributed by atoms with Gasteiger partial charge in [-0.15, -0.1) is 0 Å². The molecule has 0 saturated carbocycles. The predicted molar refractivity (Wildman–Crippen MR) is 84.2 cm³/mol. The van der Waals surface area contributed by atoms with E-state index in [2.05, 4.69) is 19.1 Å². The average molecular weight is 290 g/mol. The molecule has 2 atom stereocenters. The summed E-state index contributed by atoms with van der Waals surface area (Å²) in [6, 6.07) is 15.9. The molecule has 0 aliphatic heterocycles. The molecule has 0 aliphatic rings. The number of hydrogen-bond acceptors (Lipinski definition) is 2. The number of benzene rings is 2. The Kier molecular flexibility index (Phi) is 5.05. The minimum Gasteiger partial charge on any atom is -0.496 e. The molecule has 0 radical (unpaired) electrons. The quantitative estimate of drug-likeness (QED) is 0.894. The molecule has 0 aromatic heterocycles. The minimum atomic E-state index is -0.000104. The lowest BCUT2D eigenvalue weighted by molar-refractivity contribution is 0.399. The van der Waals surface area contributed by atoms with Crippen LogP contribution in [0.25, 0.3) is 0 Å². The number of halogens is 1. The summed E-state index contributed by atoms with van der Waals surface area (Å²) >= 11 is 6.07. The van der Waals surface area contributed by atoms with Gasteiger partial charge in [-0.05, 0) is 41.7 Å². The molecule has 106 valence electrons. The van der Waals surface area contributed by atoms with Crippen molar-refractivity contribution < 1.29 is 4.74 Å².